The lowest BCUT2D eigenvalue weighted by Gasteiger charge is -2.23. The molecule has 1 atom stereocenters. The van der Waals surface area contributed by atoms with E-state index in [1.165, 1.54) is 23.8 Å². The quantitative estimate of drug-likeness (QED) is 0.747. The van der Waals surface area contributed by atoms with Gasteiger partial charge in [0.1, 0.15) is 0 Å². The summed E-state index contributed by atoms with van der Waals surface area (Å²) in [7, 11) is -3.87. The maximum absolute atomic E-state index is 12.9. The molecule has 0 fully saturated rings. The fourth-order valence-electron chi connectivity index (χ4n) is 3.10. The molecule has 27 heavy (non-hydrogen) atoms. The fourth-order valence-corrected chi connectivity index (χ4v) is 4.50. The van der Waals surface area contributed by atoms with E-state index >= 15 is 0 Å². The zero-order valence-corrected chi connectivity index (χ0v) is 16.3. The largest absolute Gasteiger partial charge is 0.288 e. The lowest BCUT2D eigenvalue weighted by atomic mass is 9.96. The van der Waals surface area contributed by atoms with Gasteiger partial charge in [-0.1, -0.05) is 45.0 Å². The van der Waals surface area contributed by atoms with Crippen molar-refractivity contribution in [3.05, 3.63) is 64.7 Å². The summed E-state index contributed by atoms with van der Waals surface area (Å²) >= 11 is 0. The van der Waals surface area contributed by atoms with Crippen molar-refractivity contribution in [1.82, 2.24) is 10.0 Å². The summed E-state index contributed by atoms with van der Waals surface area (Å²) in [5, 5.41) is 2.16. The Morgan fingerprint density at radius 3 is 2.19 bits per heavy atom. The maximum Gasteiger partial charge on any atom is 0.258 e. The summed E-state index contributed by atoms with van der Waals surface area (Å²) < 4.78 is 28.5. The average molecular weight is 386 g/mol. The van der Waals surface area contributed by atoms with Gasteiger partial charge in [-0.15, -0.1) is 0 Å². The van der Waals surface area contributed by atoms with Crippen molar-refractivity contribution in [2.45, 2.75) is 38.1 Å². The smallest absolute Gasteiger partial charge is 0.258 e. The van der Waals surface area contributed by atoms with E-state index in [0.29, 0.717) is 0 Å². The summed E-state index contributed by atoms with van der Waals surface area (Å²) in [4.78, 5) is 23.4. The van der Waals surface area contributed by atoms with E-state index in [2.05, 4.69) is 17.0 Å². The highest BCUT2D eigenvalue weighted by atomic mass is 32.2. The van der Waals surface area contributed by atoms with Crippen molar-refractivity contribution < 1.29 is 18.0 Å². The van der Waals surface area contributed by atoms with Crippen LogP contribution in [0.3, 0.4) is 0 Å². The molecule has 142 valence electrons. The second kappa shape index (κ2) is 7.25. The molecule has 7 heteroatoms. The van der Waals surface area contributed by atoms with E-state index in [4.69, 9.17) is 0 Å². The molecule has 2 amide bonds. The van der Waals surface area contributed by atoms with E-state index in [1.807, 2.05) is 38.1 Å². The van der Waals surface area contributed by atoms with Crippen LogP contribution in [0.25, 0.3) is 0 Å². The summed E-state index contributed by atoms with van der Waals surface area (Å²) in [6, 6.07) is 11.4. The Balaban J connectivity index is 1.93. The second-order valence-electron chi connectivity index (χ2n) is 6.93. The van der Waals surface area contributed by atoms with Crippen LogP contribution in [0.2, 0.25) is 0 Å². The summed E-state index contributed by atoms with van der Waals surface area (Å²) in [6.45, 7) is 5.94. The third kappa shape index (κ3) is 3.79. The molecule has 1 aliphatic heterocycles. The van der Waals surface area contributed by atoms with Gasteiger partial charge in [-0.2, -0.15) is 0 Å². The topological polar surface area (TPSA) is 92.3 Å². The van der Waals surface area contributed by atoms with Crippen molar-refractivity contribution in [2.24, 2.45) is 5.92 Å². The lowest BCUT2D eigenvalue weighted by molar-refractivity contribution is 0.0879. The van der Waals surface area contributed by atoms with Crippen LogP contribution in [0, 0.1) is 5.92 Å². The van der Waals surface area contributed by atoms with E-state index in [0.717, 1.165) is 12.0 Å². The molecule has 1 unspecified atom stereocenters. The first-order valence-corrected chi connectivity index (χ1v) is 10.3. The molecule has 0 saturated carbocycles. The molecule has 3 rings (SSSR count). The summed E-state index contributed by atoms with van der Waals surface area (Å²) in [6.07, 6.45) is 0.911. The summed E-state index contributed by atoms with van der Waals surface area (Å²) in [5.41, 5.74) is 2.32. The first kappa shape index (κ1) is 19.3. The first-order valence-electron chi connectivity index (χ1n) is 8.84. The minimum absolute atomic E-state index is 0.0200. The third-order valence-electron chi connectivity index (χ3n) is 4.71. The third-order valence-corrected chi connectivity index (χ3v) is 6.15. The number of sulfonamides is 1. The molecule has 2 aromatic carbocycles. The molecule has 1 heterocycles. The van der Waals surface area contributed by atoms with Gasteiger partial charge >= 0.3 is 0 Å². The maximum atomic E-state index is 12.9. The monoisotopic (exact) mass is 386 g/mol. The van der Waals surface area contributed by atoms with Crippen molar-refractivity contribution in [3.8, 4) is 0 Å². The number of nitrogens with one attached hydrogen (secondary N) is 2. The predicted octanol–water partition coefficient (Wildman–Crippen LogP) is 2.81. The zero-order valence-electron chi connectivity index (χ0n) is 15.4. The van der Waals surface area contributed by atoms with Gasteiger partial charge in [0.2, 0.25) is 10.0 Å². The van der Waals surface area contributed by atoms with Gasteiger partial charge in [-0.3, -0.25) is 14.9 Å². The molecule has 0 saturated heterocycles. The molecule has 2 N–H and O–H groups in total. The van der Waals surface area contributed by atoms with Crippen molar-refractivity contribution >= 4 is 21.8 Å². The molecule has 0 radical (unpaired) electrons. The molecule has 1 aliphatic rings. The standard InChI is InChI=1S/C20H22N2O4S/c1-4-13-5-7-14(8-6-13)18(12(2)3)22-27(25,26)15-9-10-16-17(11-15)20(24)21-19(16)23/h5-12,18,22H,4H2,1-3H3,(H,21,23,24). The number of benzene rings is 2. The fraction of sp³-hybridized carbons (Fsp3) is 0.300. The van der Waals surface area contributed by atoms with E-state index < -0.39 is 27.9 Å². The van der Waals surface area contributed by atoms with Crippen LogP contribution >= 0.6 is 0 Å². The Morgan fingerprint density at radius 2 is 1.59 bits per heavy atom. The summed E-state index contributed by atoms with van der Waals surface area (Å²) in [5.74, 6) is -1.07. The van der Waals surface area contributed by atoms with Crippen LogP contribution in [-0.4, -0.2) is 20.2 Å². The van der Waals surface area contributed by atoms with Crippen molar-refractivity contribution in [3.63, 3.8) is 0 Å². The van der Waals surface area contributed by atoms with Crippen LogP contribution in [-0.2, 0) is 16.4 Å². The van der Waals surface area contributed by atoms with Gasteiger partial charge in [-0.05, 0) is 41.7 Å². The Kier molecular flexibility index (Phi) is 5.17. The van der Waals surface area contributed by atoms with Crippen molar-refractivity contribution in [1.29, 1.82) is 0 Å². The lowest BCUT2D eigenvalue weighted by Crippen LogP contribution is -2.32. The normalized spacial score (nSPS) is 15.0. The second-order valence-corrected chi connectivity index (χ2v) is 8.64. The van der Waals surface area contributed by atoms with Gasteiger partial charge in [0, 0.05) is 6.04 Å². The molecular weight excluding hydrogens is 364 g/mol. The molecule has 2 aromatic rings. The van der Waals surface area contributed by atoms with Crippen LogP contribution < -0.4 is 10.0 Å². The number of fused-ring (bicyclic) bond motifs is 1. The molecule has 0 spiro atoms. The number of aryl methyl sites for hydroxylation is 1. The minimum Gasteiger partial charge on any atom is -0.288 e. The van der Waals surface area contributed by atoms with Crippen LogP contribution in [0.5, 0.6) is 0 Å². The zero-order chi connectivity index (χ0) is 19.8. The molecule has 0 bridgehead atoms. The Hall–Kier alpha value is -2.51. The van der Waals surface area contributed by atoms with Gasteiger partial charge in [-0.25, -0.2) is 13.1 Å². The Morgan fingerprint density at radius 1 is 0.963 bits per heavy atom. The molecule has 0 aromatic heterocycles. The minimum atomic E-state index is -3.87. The van der Waals surface area contributed by atoms with Crippen LogP contribution in [0.4, 0.5) is 0 Å². The predicted molar refractivity (Wildman–Crippen MR) is 102 cm³/mol. The van der Waals surface area contributed by atoms with Crippen molar-refractivity contribution in [2.75, 3.05) is 0 Å². The number of hydrogen-bond acceptors (Lipinski definition) is 4. The number of imide groups is 1. The number of amides is 2. The average Bonchev–Trinajstić information content (AvgIpc) is 2.93. The Bertz CT molecular complexity index is 995. The van der Waals surface area contributed by atoms with Gasteiger partial charge in [0.05, 0.1) is 16.0 Å². The first-order chi connectivity index (χ1) is 12.7. The number of hydrogen-bond donors (Lipinski definition) is 2. The number of carbonyl (C=O) groups excluding carboxylic acids is 2. The van der Waals surface area contributed by atoms with E-state index in [1.54, 1.807) is 0 Å². The van der Waals surface area contributed by atoms with E-state index in [9.17, 15) is 18.0 Å². The SMILES string of the molecule is CCc1ccc(C(NS(=O)(=O)c2ccc3c(c2)C(=O)NC3=O)C(C)C)cc1. The van der Waals surface area contributed by atoms with Gasteiger partial charge in [0.25, 0.3) is 11.8 Å². The molecule has 0 aliphatic carbocycles. The number of rotatable bonds is 6. The Labute approximate surface area is 159 Å². The van der Waals surface area contributed by atoms with E-state index in [-0.39, 0.29) is 21.9 Å². The highest BCUT2D eigenvalue weighted by molar-refractivity contribution is 7.89. The van der Waals surface area contributed by atoms with Gasteiger partial charge in [0.15, 0.2) is 0 Å². The highest BCUT2D eigenvalue weighted by Gasteiger charge is 2.30. The van der Waals surface area contributed by atoms with Crippen LogP contribution in [0.15, 0.2) is 47.4 Å². The molecule has 6 nitrogen and oxygen atoms in total. The van der Waals surface area contributed by atoms with Crippen LogP contribution in [0.1, 0.15) is 58.7 Å². The molecular formula is C20H22N2O4S. The highest BCUT2D eigenvalue weighted by Crippen LogP contribution is 2.26. The van der Waals surface area contributed by atoms with Gasteiger partial charge < -0.3 is 0 Å². The number of carbonyl (C=O) groups is 2.